The van der Waals surface area contributed by atoms with Crippen LogP contribution in [0.5, 0.6) is 0 Å². The minimum Gasteiger partial charge on any atom is -0.459 e. The number of ether oxygens (including phenoxy) is 1. The number of carbonyl (C=O) groups excluding carboxylic acids is 1. The van der Waals surface area contributed by atoms with Crippen LogP contribution < -0.4 is 5.43 Å². The lowest BCUT2D eigenvalue weighted by Crippen LogP contribution is -2.17. The van der Waals surface area contributed by atoms with Gasteiger partial charge in [-0.15, -0.1) is 0 Å². The van der Waals surface area contributed by atoms with Crippen LogP contribution in [0.3, 0.4) is 0 Å². The Hall–Kier alpha value is -4.60. The molecular weight excluding hydrogens is 464 g/mol. The summed E-state index contributed by atoms with van der Waals surface area (Å²) in [6, 6.07) is 20.4. The number of hydrogen-bond acceptors (Lipinski definition) is 8. The number of nitrogens with one attached hydrogen (secondary N) is 1. The average molecular weight is 491 g/mol. The van der Waals surface area contributed by atoms with Crippen LogP contribution in [0, 0.1) is 26.1 Å². The number of esters is 1. The predicted molar refractivity (Wildman–Crippen MR) is 137 cm³/mol. The van der Waals surface area contributed by atoms with Gasteiger partial charge >= 0.3 is 11.7 Å². The average Bonchev–Trinajstić information content (AvgIpc) is 2.88. The molecule has 0 heterocycles. The maximum Gasteiger partial charge on any atom is 0.306 e. The van der Waals surface area contributed by atoms with E-state index in [1.807, 2.05) is 68.4 Å². The van der Waals surface area contributed by atoms with Crippen molar-refractivity contribution in [2.24, 2.45) is 11.0 Å². The van der Waals surface area contributed by atoms with E-state index >= 15 is 0 Å². The van der Waals surface area contributed by atoms with E-state index < -0.39 is 21.2 Å². The number of hydrogen-bond donors (Lipinski definition) is 1. The molecule has 10 heteroatoms. The highest BCUT2D eigenvalue weighted by molar-refractivity contribution is 6.03. The molecule has 0 aliphatic heterocycles. The zero-order chi connectivity index (χ0) is 26.1. The number of anilines is 1. The van der Waals surface area contributed by atoms with E-state index in [1.54, 1.807) is 0 Å². The van der Waals surface area contributed by atoms with E-state index in [0.29, 0.717) is 23.6 Å². The number of carbonyl (C=O) groups is 1. The van der Waals surface area contributed by atoms with Crippen molar-refractivity contribution < 1.29 is 19.4 Å². The van der Waals surface area contributed by atoms with Gasteiger partial charge < -0.3 is 4.74 Å². The molecule has 0 saturated heterocycles. The lowest BCUT2D eigenvalue weighted by Gasteiger charge is -2.11. The van der Waals surface area contributed by atoms with Crippen molar-refractivity contribution in [3.8, 4) is 11.1 Å². The topological polar surface area (TPSA) is 137 Å². The molecule has 186 valence electrons. The van der Waals surface area contributed by atoms with Gasteiger partial charge in [-0.05, 0) is 29.5 Å². The Bertz CT molecular complexity index is 1260. The lowest BCUT2D eigenvalue weighted by molar-refractivity contribution is -0.393. The summed E-state index contributed by atoms with van der Waals surface area (Å²) in [5, 5.41) is 26.7. The summed E-state index contributed by atoms with van der Waals surface area (Å²) in [5.74, 6) is -0.0285. The van der Waals surface area contributed by atoms with Crippen LogP contribution in [0.25, 0.3) is 11.1 Å². The van der Waals surface area contributed by atoms with Gasteiger partial charge in [0.15, 0.2) is 0 Å². The van der Waals surface area contributed by atoms with Gasteiger partial charge in [0.05, 0.1) is 15.9 Å². The Morgan fingerprint density at radius 2 is 1.61 bits per heavy atom. The third kappa shape index (κ3) is 7.20. The smallest absolute Gasteiger partial charge is 0.306 e. The molecule has 0 aliphatic carbocycles. The van der Waals surface area contributed by atoms with E-state index in [-0.39, 0.29) is 24.7 Å². The van der Waals surface area contributed by atoms with E-state index in [9.17, 15) is 25.0 Å². The molecule has 0 spiro atoms. The summed E-state index contributed by atoms with van der Waals surface area (Å²) in [7, 11) is 0. The molecule has 10 nitrogen and oxygen atoms in total. The van der Waals surface area contributed by atoms with E-state index in [1.165, 1.54) is 6.07 Å². The third-order valence-corrected chi connectivity index (χ3v) is 5.32. The highest BCUT2D eigenvalue weighted by Gasteiger charge is 2.20. The third-order valence-electron chi connectivity index (χ3n) is 5.32. The first kappa shape index (κ1) is 26.0. The number of hydrazone groups is 1. The van der Waals surface area contributed by atoms with Crippen molar-refractivity contribution in [1.82, 2.24) is 0 Å². The second kappa shape index (κ2) is 12.2. The van der Waals surface area contributed by atoms with Crippen molar-refractivity contribution in [2.75, 3.05) is 12.0 Å². The van der Waals surface area contributed by atoms with Crippen LogP contribution in [0.2, 0.25) is 0 Å². The summed E-state index contributed by atoms with van der Waals surface area (Å²) in [6.45, 7) is 3.86. The van der Waals surface area contributed by atoms with E-state index in [4.69, 9.17) is 4.74 Å². The van der Waals surface area contributed by atoms with E-state index in [0.717, 1.165) is 23.3 Å². The van der Waals surface area contributed by atoms with Gasteiger partial charge in [0, 0.05) is 18.1 Å². The molecule has 36 heavy (non-hydrogen) atoms. The second-order valence-electron chi connectivity index (χ2n) is 8.42. The molecular formula is C26H26N4O6. The second-order valence-corrected chi connectivity index (χ2v) is 8.42. The van der Waals surface area contributed by atoms with Gasteiger partial charge in [-0.2, -0.15) is 5.10 Å². The number of nitrogens with zero attached hydrogens (tertiary/aromatic N) is 3. The van der Waals surface area contributed by atoms with Crippen molar-refractivity contribution >= 4 is 28.7 Å². The van der Waals surface area contributed by atoms with Gasteiger partial charge in [0.25, 0.3) is 5.69 Å². The van der Waals surface area contributed by atoms with Gasteiger partial charge in [-0.25, -0.2) is 0 Å². The van der Waals surface area contributed by atoms with Gasteiger partial charge in [-0.3, -0.25) is 30.4 Å². The minimum atomic E-state index is -0.731. The molecule has 3 aromatic rings. The van der Waals surface area contributed by atoms with Crippen LogP contribution in [-0.2, 0) is 9.53 Å². The number of rotatable bonds is 11. The molecule has 0 amide bonds. The minimum absolute atomic E-state index is 0.0323. The highest BCUT2D eigenvalue weighted by Crippen LogP contribution is 2.29. The molecule has 0 bridgehead atoms. The SMILES string of the molecule is CC(C)CCC(=O)OC/C(=N/Nc1ccc([N+](=O)[O-])cc1[N+](=O)[O-])c1ccc(-c2ccccc2)cc1. The summed E-state index contributed by atoms with van der Waals surface area (Å²) >= 11 is 0. The Morgan fingerprint density at radius 3 is 2.22 bits per heavy atom. The summed E-state index contributed by atoms with van der Waals surface area (Å²) in [6.07, 6.45) is 0.948. The molecule has 0 atom stereocenters. The largest absolute Gasteiger partial charge is 0.459 e. The summed E-state index contributed by atoms with van der Waals surface area (Å²) < 4.78 is 5.41. The lowest BCUT2D eigenvalue weighted by atomic mass is 10.0. The number of nitro groups is 2. The van der Waals surface area contributed by atoms with Crippen molar-refractivity contribution in [3.63, 3.8) is 0 Å². The fourth-order valence-corrected chi connectivity index (χ4v) is 3.30. The Labute approximate surface area is 207 Å². The first-order chi connectivity index (χ1) is 17.2. The maximum absolute atomic E-state index is 12.2. The van der Waals surface area contributed by atoms with Gasteiger partial charge in [0.2, 0.25) is 0 Å². The van der Waals surface area contributed by atoms with Crippen LogP contribution in [-0.4, -0.2) is 28.1 Å². The quantitative estimate of drug-likeness (QED) is 0.151. The maximum atomic E-state index is 12.2. The standard InChI is InChI=1S/C26H26N4O6/c1-18(2)8-15-26(31)36-17-24(21-11-9-20(10-12-21)19-6-4-3-5-7-19)28-27-23-14-13-22(29(32)33)16-25(23)30(34)35/h3-7,9-14,16,18,27H,8,15,17H2,1-2H3/b28-24-. The highest BCUT2D eigenvalue weighted by atomic mass is 16.6. The number of non-ortho nitro benzene ring substituents is 1. The van der Waals surface area contributed by atoms with Gasteiger partial charge in [0.1, 0.15) is 18.0 Å². The molecule has 0 fully saturated rings. The fourth-order valence-electron chi connectivity index (χ4n) is 3.30. The normalized spacial score (nSPS) is 11.2. The van der Waals surface area contributed by atoms with Crippen molar-refractivity contribution in [3.05, 3.63) is 98.6 Å². The summed E-state index contributed by atoms with van der Waals surface area (Å²) in [4.78, 5) is 33.2. The first-order valence-corrected chi connectivity index (χ1v) is 11.3. The van der Waals surface area contributed by atoms with E-state index in [2.05, 4.69) is 10.5 Å². The molecule has 0 unspecified atom stereocenters. The predicted octanol–water partition coefficient (Wildman–Crippen LogP) is 5.97. The Morgan fingerprint density at radius 1 is 0.944 bits per heavy atom. The van der Waals surface area contributed by atoms with Crippen molar-refractivity contribution in [2.45, 2.75) is 26.7 Å². The van der Waals surface area contributed by atoms with Gasteiger partial charge in [-0.1, -0.05) is 68.4 Å². The fraction of sp³-hybridized carbons (Fsp3) is 0.231. The molecule has 0 saturated carbocycles. The van der Waals surface area contributed by atoms with Crippen molar-refractivity contribution in [1.29, 1.82) is 0 Å². The Balaban J connectivity index is 1.88. The molecule has 1 N–H and O–H groups in total. The monoisotopic (exact) mass is 490 g/mol. The van der Waals surface area contributed by atoms with Crippen LogP contribution in [0.4, 0.5) is 17.1 Å². The molecule has 0 aromatic heterocycles. The molecule has 0 radical (unpaired) electrons. The first-order valence-electron chi connectivity index (χ1n) is 11.3. The van der Waals surface area contributed by atoms with Crippen LogP contribution >= 0.6 is 0 Å². The zero-order valence-corrected chi connectivity index (χ0v) is 19.9. The Kier molecular flexibility index (Phi) is 8.82. The summed E-state index contributed by atoms with van der Waals surface area (Å²) in [5.41, 5.74) is 4.65. The number of benzene rings is 3. The van der Waals surface area contributed by atoms with Crippen LogP contribution in [0.15, 0.2) is 77.9 Å². The molecule has 0 aliphatic rings. The van der Waals surface area contributed by atoms with Crippen LogP contribution in [0.1, 0.15) is 32.3 Å². The molecule has 3 rings (SSSR count). The number of nitro benzene ring substituents is 2. The molecule has 3 aromatic carbocycles. The zero-order valence-electron chi connectivity index (χ0n) is 19.9.